The van der Waals surface area contributed by atoms with E-state index < -0.39 is 0 Å². The first-order chi connectivity index (χ1) is 12.6. The van der Waals surface area contributed by atoms with Gasteiger partial charge in [-0.15, -0.1) is 0 Å². The standard InChI is InChI=1S/C20H24BrN3O2/c1-23-10-12-24(13-11-23)19-5-3-2-4-16(19)14-22-20(25)15-26-18-8-6-17(21)7-9-18/h2-9H,10-15H2,1H3,(H,22,25). The maximum atomic E-state index is 12.1. The molecule has 0 spiro atoms. The average Bonchev–Trinajstić information content (AvgIpc) is 2.67. The Kier molecular flexibility index (Phi) is 6.52. The molecule has 1 heterocycles. The maximum absolute atomic E-state index is 12.1. The van der Waals surface area contributed by atoms with Gasteiger partial charge in [0, 0.05) is 42.9 Å². The Labute approximate surface area is 163 Å². The minimum Gasteiger partial charge on any atom is -0.484 e. The third-order valence-corrected chi connectivity index (χ3v) is 5.02. The number of anilines is 1. The van der Waals surface area contributed by atoms with Gasteiger partial charge in [-0.1, -0.05) is 34.1 Å². The number of piperazine rings is 1. The number of ether oxygens (including phenoxy) is 1. The van der Waals surface area contributed by atoms with Gasteiger partial charge in [0.25, 0.3) is 5.91 Å². The molecular formula is C20H24BrN3O2. The van der Waals surface area contributed by atoms with E-state index in [0.29, 0.717) is 12.3 Å². The lowest BCUT2D eigenvalue weighted by Gasteiger charge is -2.35. The van der Waals surface area contributed by atoms with Crippen LogP contribution in [0.5, 0.6) is 5.75 Å². The van der Waals surface area contributed by atoms with Gasteiger partial charge in [-0.2, -0.15) is 0 Å². The molecule has 0 radical (unpaired) electrons. The second-order valence-electron chi connectivity index (χ2n) is 6.44. The number of hydrogen-bond acceptors (Lipinski definition) is 4. The van der Waals surface area contributed by atoms with Crippen LogP contribution in [0.2, 0.25) is 0 Å². The summed E-state index contributed by atoms with van der Waals surface area (Å²) in [5.41, 5.74) is 2.34. The lowest BCUT2D eigenvalue weighted by Crippen LogP contribution is -2.45. The minimum absolute atomic E-state index is 0.0122. The molecule has 2 aromatic rings. The molecular weight excluding hydrogens is 394 g/mol. The summed E-state index contributed by atoms with van der Waals surface area (Å²) in [4.78, 5) is 16.8. The van der Waals surface area contributed by atoms with Crippen LogP contribution in [0.3, 0.4) is 0 Å². The van der Waals surface area contributed by atoms with Crippen LogP contribution in [0.25, 0.3) is 0 Å². The minimum atomic E-state index is -0.124. The van der Waals surface area contributed by atoms with Gasteiger partial charge < -0.3 is 19.9 Å². The molecule has 2 aromatic carbocycles. The predicted molar refractivity (Wildman–Crippen MR) is 108 cm³/mol. The van der Waals surface area contributed by atoms with E-state index in [9.17, 15) is 4.79 Å². The van der Waals surface area contributed by atoms with Crippen molar-refractivity contribution in [2.45, 2.75) is 6.54 Å². The highest BCUT2D eigenvalue weighted by Crippen LogP contribution is 2.21. The molecule has 0 saturated carbocycles. The highest BCUT2D eigenvalue weighted by atomic mass is 79.9. The first-order valence-corrected chi connectivity index (χ1v) is 9.57. The fourth-order valence-electron chi connectivity index (χ4n) is 2.94. The largest absolute Gasteiger partial charge is 0.484 e. The predicted octanol–water partition coefficient (Wildman–Crippen LogP) is 2.90. The Morgan fingerprint density at radius 1 is 1.08 bits per heavy atom. The Balaban J connectivity index is 1.52. The molecule has 1 N–H and O–H groups in total. The van der Waals surface area contributed by atoms with Crippen molar-refractivity contribution < 1.29 is 9.53 Å². The van der Waals surface area contributed by atoms with Gasteiger partial charge in [-0.25, -0.2) is 0 Å². The zero-order valence-electron chi connectivity index (χ0n) is 15.0. The summed E-state index contributed by atoms with van der Waals surface area (Å²) >= 11 is 3.38. The van der Waals surface area contributed by atoms with Gasteiger partial charge in [-0.3, -0.25) is 4.79 Å². The molecule has 0 unspecified atom stereocenters. The lowest BCUT2D eigenvalue weighted by atomic mass is 10.1. The van der Waals surface area contributed by atoms with Crippen molar-refractivity contribution in [1.82, 2.24) is 10.2 Å². The van der Waals surface area contributed by atoms with Gasteiger partial charge in [0.1, 0.15) is 5.75 Å². The number of amides is 1. The number of benzene rings is 2. The van der Waals surface area contributed by atoms with Gasteiger partial charge in [-0.05, 0) is 42.9 Å². The number of halogens is 1. The lowest BCUT2D eigenvalue weighted by molar-refractivity contribution is -0.123. The van der Waals surface area contributed by atoms with Crippen LogP contribution in [-0.2, 0) is 11.3 Å². The van der Waals surface area contributed by atoms with E-state index in [4.69, 9.17) is 4.74 Å². The molecule has 0 aliphatic carbocycles. The molecule has 1 aliphatic rings. The van der Waals surface area contributed by atoms with Crippen LogP contribution in [0, 0.1) is 0 Å². The van der Waals surface area contributed by atoms with Crippen LogP contribution in [-0.4, -0.2) is 50.6 Å². The summed E-state index contributed by atoms with van der Waals surface area (Å²) in [5.74, 6) is 0.558. The molecule has 0 bridgehead atoms. The van der Waals surface area contributed by atoms with E-state index in [1.165, 1.54) is 5.69 Å². The topological polar surface area (TPSA) is 44.8 Å². The molecule has 138 valence electrons. The third-order valence-electron chi connectivity index (χ3n) is 4.50. The molecule has 3 rings (SSSR count). The van der Waals surface area contributed by atoms with Crippen LogP contribution in [0.4, 0.5) is 5.69 Å². The number of para-hydroxylation sites is 1. The Bertz CT molecular complexity index is 728. The second-order valence-corrected chi connectivity index (χ2v) is 7.35. The van der Waals surface area contributed by atoms with Crippen LogP contribution < -0.4 is 15.0 Å². The van der Waals surface area contributed by atoms with Gasteiger partial charge >= 0.3 is 0 Å². The van der Waals surface area contributed by atoms with Crippen LogP contribution in [0.1, 0.15) is 5.56 Å². The number of carbonyl (C=O) groups excluding carboxylic acids is 1. The SMILES string of the molecule is CN1CCN(c2ccccc2CNC(=O)COc2ccc(Br)cc2)CC1. The highest BCUT2D eigenvalue weighted by Gasteiger charge is 2.16. The van der Waals surface area contributed by atoms with Gasteiger partial charge in [0.2, 0.25) is 0 Å². The third kappa shape index (κ3) is 5.22. The fourth-order valence-corrected chi connectivity index (χ4v) is 3.21. The first kappa shape index (κ1) is 18.7. The maximum Gasteiger partial charge on any atom is 0.258 e. The smallest absolute Gasteiger partial charge is 0.258 e. The van der Waals surface area contributed by atoms with E-state index in [1.807, 2.05) is 30.3 Å². The van der Waals surface area contributed by atoms with E-state index in [1.54, 1.807) is 0 Å². The summed E-state index contributed by atoms with van der Waals surface area (Å²) in [6.07, 6.45) is 0. The molecule has 1 saturated heterocycles. The van der Waals surface area contributed by atoms with Crippen LogP contribution >= 0.6 is 15.9 Å². The quantitative estimate of drug-likeness (QED) is 0.784. The number of rotatable bonds is 6. The normalized spacial score (nSPS) is 14.9. The monoisotopic (exact) mass is 417 g/mol. The molecule has 5 nitrogen and oxygen atoms in total. The average molecular weight is 418 g/mol. The van der Waals surface area contributed by atoms with Crippen molar-refractivity contribution in [3.05, 3.63) is 58.6 Å². The van der Waals surface area contributed by atoms with Crippen LogP contribution in [0.15, 0.2) is 53.0 Å². The first-order valence-electron chi connectivity index (χ1n) is 8.78. The Morgan fingerprint density at radius 3 is 2.50 bits per heavy atom. The van der Waals surface area contributed by atoms with Crippen molar-refractivity contribution >= 4 is 27.5 Å². The Hall–Kier alpha value is -2.05. The number of hydrogen-bond donors (Lipinski definition) is 1. The highest BCUT2D eigenvalue weighted by molar-refractivity contribution is 9.10. The number of likely N-dealkylation sites (N-methyl/N-ethyl adjacent to an activating group) is 1. The molecule has 1 amide bonds. The molecule has 1 aliphatic heterocycles. The second kappa shape index (κ2) is 9.05. The van der Waals surface area contributed by atoms with E-state index >= 15 is 0 Å². The summed E-state index contributed by atoms with van der Waals surface area (Å²) in [5, 5.41) is 2.96. The zero-order valence-corrected chi connectivity index (χ0v) is 16.5. The number of nitrogens with zero attached hydrogens (tertiary/aromatic N) is 2. The van der Waals surface area contributed by atoms with Gasteiger partial charge in [0.05, 0.1) is 0 Å². The van der Waals surface area contributed by atoms with Crippen molar-refractivity contribution in [3.63, 3.8) is 0 Å². The van der Waals surface area contributed by atoms with Crippen molar-refractivity contribution in [1.29, 1.82) is 0 Å². The number of nitrogens with one attached hydrogen (secondary N) is 1. The van der Waals surface area contributed by atoms with E-state index in [2.05, 4.69) is 56.3 Å². The van der Waals surface area contributed by atoms with E-state index in [0.717, 1.165) is 36.2 Å². The Morgan fingerprint density at radius 2 is 1.77 bits per heavy atom. The van der Waals surface area contributed by atoms with Crippen molar-refractivity contribution in [3.8, 4) is 5.75 Å². The van der Waals surface area contributed by atoms with Gasteiger partial charge in [0.15, 0.2) is 6.61 Å². The molecule has 6 heteroatoms. The zero-order chi connectivity index (χ0) is 18.4. The molecule has 0 atom stereocenters. The summed E-state index contributed by atoms with van der Waals surface area (Å²) in [7, 11) is 2.15. The summed E-state index contributed by atoms with van der Waals surface area (Å²) in [6.45, 7) is 4.65. The van der Waals surface area contributed by atoms with Crippen molar-refractivity contribution in [2.24, 2.45) is 0 Å². The number of carbonyl (C=O) groups is 1. The summed E-state index contributed by atoms with van der Waals surface area (Å²) in [6, 6.07) is 15.7. The molecule has 0 aromatic heterocycles. The molecule has 1 fully saturated rings. The van der Waals surface area contributed by atoms with E-state index in [-0.39, 0.29) is 12.5 Å². The van der Waals surface area contributed by atoms with Crippen molar-refractivity contribution in [2.75, 3.05) is 44.7 Å². The fraction of sp³-hybridized carbons (Fsp3) is 0.350. The summed E-state index contributed by atoms with van der Waals surface area (Å²) < 4.78 is 6.50. The molecule has 26 heavy (non-hydrogen) atoms.